The Morgan fingerprint density at radius 1 is 0.352 bits per heavy atom. The van der Waals surface area contributed by atoms with Crippen LogP contribution in [0.3, 0.4) is 0 Å². The van der Waals surface area contributed by atoms with Crippen LogP contribution in [0.1, 0.15) is 194 Å². The van der Waals surface area contributed by atoms with Crippen LogP contribution in [0.25, 0.3) is 0 Å². The zero-order valence-electron chi connectivity index (χ0n) is 55.3. The highest BCUT2D eigenvalue weighted by molar-refractivity contribution is 7.45. The summed E-state index contributed by atoms with van der Waals surface area (Å²) in [5.41, 5.74) is 0. The normalized spacial score (nSPS) is 14.7. The zero-order chi connectivity index (χ0) is 64.1. The van der Waals surface area contributed by atoms with E-state index < -0.39 is 32.5 Å². The van der Waals surface area contributed by atoms with Gasteiger partial charge in [-0.2, -0.15) is 0 Å². The molecule has 0 saturated heterocycles. The van der Waals surface area contributed by atoms with Gasteiger partial charge in [0.1, 0.15) is 19.8 Å². The summed E-state index contributed by atoms with van der Waals surface area (Å²) in [6.45, 7) is 3.87. The van der Waals surface area contributed by atoms with Crippen molar-refractivity contribution in [2.75, 3.05) is 47.5 Å². The molecule has 0 rings (SSSR count). The molecule has 2 atom stereocenters. The van der Waals surface area contributed by atoms with Crippen LogP contribution in [0.2, 0.25) is 0 Å². The molecule has 0 spiro atoms. The van der Waals surface area contributed by atoms with Crippen molar-refractivity contribution >= 4 is 19.8 Å². The third kappa shape index (κ3) is 69.2. The Morgan fingerprint density at radius 2 is 0.614 bits per heavy atom. The molecular weight excluding hydrogens is 1110 g/mol. The minimum Gasteiger partial charge on any atom is -0.756 e. The van der Waals surface area contributed by atoms with Crippen LogP contribution in [0.15, 0.2) is 231 Å². The average Bonchev–Trinajstić information content (AvgIpc) is 3.68. The first-order chi connectivity index (χ1) is 43.0. The van der Waals surface area contributed by atoms with E-state index in [0.717, 1.165) is 154 Å². The second kappa shape index (κ2) is 65.5. The van der Waals surface area contributed by atoms with E-state index in [4.69, 9.17) is 18.5 Å². The summed E-state index contributed by atoms with van der Waals surface area (Å²) in [5, 5.41) is 0. The van der Waals surface area contributed by atoms with Crippen LogP contribution in [0, 0.1) is 0 Å². The molecule has 0 heterocycles. The number of nitrogens with zero attached hydrogens (tertiary/aromatic N) is 1. The number of ether oxygens (including phenoxy) is 2. The lowest BCUT2D eigenvalue weighted by Crippen LogP contribution is -2.37. The number of hydrogen-bond acceptors (Lipinski definition) is 8. The van der Waals surface area contributed by atoms with Gasteiger partial charge in [-0.25, -0.2) is 0 Å². The van der Waals surface area contributed by atoms with Gasteiger partial charge >= 0.3 is 11.9 Å². The maximum absolute atomic E-state index is 12.8. The molecule has 0 aromatic rings. The van der Waals surface area contributed by atoms with Crippen molar-refractivity contribution in [1.82, 2.24) is 0 Å². The lowest BCUT2D eigenvalue weighted by molar-refractivity contribution is -0.870. The van der Waals surface area contributed by atoms with Gasteiger partial charge in [-0.3, -0.25) is 14.2 Å². The number of allylic oxidation sites excluding steroid dienone is 38. The van der Waals surface area contributed by atoms with Crippen LogP contribution in [-0.4, -0.2) is 70.0 Å². The molecule has 0 bridgehead atoms. The summed E-state index contributed by atoms with van der Waals surface area (Å²) >= 11 is 0. The second-order valence-corrected chi connectivity index (χ2v) is 23.4. The number of quaternary nitrogens is 1. The van der Waals surface area contributed by atoms with Gasteiger partial charge in [0, 0.05) is 12.8 Å². The van der Waals surface area contributed by atoms with E-state index in [1.807, 2.05) is 21.1 Å². The molecule has 0 aliphatic heterocycles. The first-order valence-electron chi connectivity index (χ1n) is 33.1. The molecule has 88 heavy (non-hydrogen) atoms. The molecule has 0 aliphatic rings. The second-order valence-electron chi connectivity index (χ2n) is 22.0. The SMILES string of the molecule is CC/C=C\C/C=C\C/C=C\C/C=C\C/C=C\C/C=C\C/C=C\C/C=C\C/C=C\C/C=C\C/C=C\C/C=C\CCCCC(=O)OC(COC(=O)CCCCC/C=C\C/C=C\C/C=C\C/C=C\C/C=C\C/C=C\C/C=C\CC)COP(=O)([O-])OCC[N+](C)(C)C. The Morgan fingerprint density at radius 3 is 0.909 bits per heavy atom. The molecule has 0 aliphatic carbocycles. The van der Waals surface area contributed by atoms with Gasteiger partial charge in [0.15, 0.2) is 6.10 Å². The van der Waals surface area contributed by atoms with Crippen molar-refractivity contribution in [3.63, 3.8) is 0 Å². The zero-order valence-corrected chi connectivity index (χ0v) is 56.2. The lowest BCUT2D eigenvalue weighted by atomic mass is 10.1. The third-order valence-corrected chi connectivity index (χ3v) is 13.6. The maximum Gasteiger partial charge on any atom is 0.306 e. The monoisotopic (exact) mass is 1230 g/mol. The fourth-order valence-corrected chi connectivity index (χ4v) is 8.40. The fourth-order valence-electron chi connectivity index (χ4n) is 7.67. The smallest absolute Gasteiger partial charge is 0.306 e. The molecule has 2 unspecified atom stereocenters. The first-order valence-corrected chi connectivity index (χ1v) is 34.6. The molecule has 0 aromatic carbocycles. The van der Waals surface area contributed by atoms with E-state index in [0.29, 0.717) is 23.9 Å². The number of hydrogen-bond donors (Lipinski definition) is 0. The summed E-state index contributed by atoms with van der Waals surface area (Å²) in [6.07, 6.45) is 107. The molecule has 9 nitrogen and oxygen atoms in total. The summed E-state index contributed by atoms with van der Waals surface area (Å²) in [5.74, 6) is -0.947. The van der Waals surface area contributed by atoms with Gasteiger partial charge in [-0.15, -0.1) is 0 Å². The minimum atomic E-state index is -4.68. The molecule has 488 valence electrons. The fraction of sp³-hybridized carbons (Fsp3) is 0.487. The molecule has 0 fully saturated rings. The summed E-state index contributed by atoms with van der Waals surface area (Å²) in [6, 6.07) is 0. The van der Waals surface area contributed by atoms with Gasteiger partial charge in [-0.05, 0) is 161 Å². The van der Waals surface area contributed by atoms with Gasteiger partial charge < -0.3 is 27.9 Å². The molecule has 0 amide bonds. The van der Waals surface area contributed by atoms with E-state index in [1.165, 1.54) is 0 Å². The summed E-state index contributed by atoms with van der Waals surface area (Å²) in [4.78, 5) is 38.0. The Hall–Kier alpha value is -5.93. The highest BCUT2D eigenvalue weighted by atomic mass is 31.2. The highest BCUT2D eigenvalue weighted by Crippen LogP contribution is 2.38. The van der Waals surface area contributed by atoms with Gasteiger partial charge in [0.25, 0.3) is 7.82 Å². The molecule has 0 N–H and O–H groups in total. The van der Waals surface area contributed by atoms with Crippen LogP contribution < -0.4 is 4.89 Å². The van der Waals surface area contributed by atoms with E-state index in [-0.39, 0.29) is 26.1 Å². The van der Waals surface area contributed by atoms with Crippen LogP contribution in [0.4, 0.5) is 0 Å². The Balaban J connectivity index is 4.33. The standard InChI is InChI=1S/C78H118NO8P/c1-6-8-10-12-14-16-18-20-22-24-26-28-30-32-33-34-35-36-37-38-39-40-41-42-43-44-45-47-49-51-53-55-57-59-61-63-65-67-69-71-78(81)87-76(75-86-88(82,83)85-73-72-79(3,4)5)74-84-77(80)70-68-66-64-62-60-58-56-54-52-50-48-46-31-29-27-25-23-21-19-17-15-13-11-9-7-2/h8-11,14-17,20-23,26-29,32-33,35-36,38-39,41-42,44-46,48-49,51-52,54-55,57-58,60-61,63,76H,6-7,12-13,18-19,24-25,30-31,34,37,40,43,47,50,53,56,59,62,64-75H2,1-5H3/b10-8-,11-9-,16-14-,17-15-,22-20-,23-21-,28-26-,29-27-,33-32-,36-35-,39-38-,42-41-,45-44-,48-46-,51-49-,54-52-,57-55-,60-58-,63-61-. The number of rotatable bonds is 57. The largest absolute Gasteiger partial charge is 0.756 e. The quantitative estimate of drug-likeness (QED) is 0.0195. The van der Waals surface area contributed by atoms with Crippen molar-refractivity contribution in [2.45, 2.75) is 200 Å². The number of phosphoric ester groups is 1. The van der Waals surface area contributed by atoms with Crippen molar-refractivity contribution in [3.8, 4) is 0 Å². The van der Waals surface area contributed by atoms with Crippen molar-refractivity contribution in [2.24, 2.45) is 0 Å². The molecule has 10 heteroatoms. The van der Waals surface area contributed by atoms with E-state index in [9.17, 15) is 19.0 Å². The van der Waals surface area contributed by atoms with Gasteiger partial charge in [0.05, 0.1) is 27.7 Å². The predicted octanol–water partition coefficient (Wildman–Crippen LogP) is 21.2. The van der Waals surface area contributed by atoms with Crippen LogP contribution in [0.5, 0.6) is 0 Å². The van der Waals surface area contributed by atoms with Crippen LogP contribution in [-0.2, 0) is 32.7 Å². The summed E-state index contributed by atoms with van der Waals surface area (Å²) < 4.78 is 34.1. The molecule has 0 aromatic heterocycles. The van der Waals surface area contributed by atoms with Crippen molar-refractivity contribution < 1.29 is 42.1 Å². The maximum atomic E-state index is 12.8. The highest BCUT2D eigenvalue weighted by Gasteiger charge is 2.21. The third-order valence-electron chi connectivity index (χ3n) is 12.7. The van der Waals surface area contributed by atoms with E-state index in [1.54, 1.807) is 0 Å². The summed E-state index contributed by atoms with van der Waals surface area (Å²) in [7, 11) is 1.08. The van der Waals surface area contributed by atoms with Gasteiger partial charge in [0.2, 0.25) is 0 Å². The van der Waals surface area contributed by atoms with Crippen LogP contribution >= 0.6 is 7.82 Å². The molecule has 0 saturated carbocycles. The van der Waals surface area contributed by atoms with Crippen molar-refractivity contribution in [1.29, 1.82) is 0 Å². The molecule has 0 radical (unpaired) electrons. The number of esters is 2. The topological polar surface area (TPSA) is 111 Å². The number of carbonyl (C=O) groups excluding carboxylic acids is 2. The Labute approximate surface area is 537 Å². The number of phosphoric acid groups is 1. The predicted molar refractivity (Wildman–Crippen MR) is 378 cm³/mol. The Bertz CT molecular complexity index is 2330. The van der Waals surface area contributed by atoms with Crippen molar-refractivity contribution in [3.05, 3.63) is 231 Å². The lowest BCUT2D eigenvalue weighted by Gasteiger charge is -2.28. The minimum absolute atomic E-state index is 0.0597. The number of unbranched alkanes of at least 4 members (excludes halogenated alkanes) is 5. The van der Waals surface area contributed by atoms with E-state index >= 15 is 0 Å². The number of carbonyl (C=O) groups is 2. The first kappa shape index (κ1) is 82.1. The van der Waals surface area contributed by atoms with Gasteiger partial charge in [-0.1, -0.05) is 251 Å². The average molecular weight is 1230 g/mol. The Kier molecular flexibility index (Phi) is 61.1. The number of likely N-dealkylation sites (N-methyl/N-ethyl adjacent to an activating group) is 1. The molecular formula is C78H118NO8P. The van der Waals surface area contributed by atoms with E-state index in [2.05, 4.69) is 245 Å².